The summed E-state index contributed by atoms with van der Waals surface area (Å²) >= 11 is 0. The average Bonchev–Trinajstić information content (AvgIpc) is 2.12. The van der Waals surface area contributed by atoms with Gasteiger partial charge < -0.3 is 5.73 Å². The van der Waals surface area contributed by atoms with Crippen LogP contribution in [0.15, 0.2) is 5.80 Å². The normalized spacial score (nSPS) is 12.0. The molecule has 1 aromatic rings. The smallest absolute Gasteiger partial charge is 0.254 e. The Hall–Kier alpha value is 0.110. The second-order valence-electron chi connectivity index (χ2n) is 1.22. The van der Waals surface area contributed by atoms with Crippen LogP contribution < -0.4 is 5.73 Å². The zero-order valence-electron chi connectivity index (χ0n) is 3.96. The molecule has 0 fully saturated rings. The topological polar surface area (TPSA) is 43.1 Å². The van der Waals surface area contributed by atoms with Crippen molar-refractivity contribution in [1.82, 2.24) is 0 Å². The molecule has 1 rings (SSSR count). The first-order valence-corrected chi connectivity index (χ1v) is 6.50. The molecule has 0 aromatic carbocycles. The number of carbonyl (C=O) groups excluding carboxylic acids is 1. The van der Waals surface area contributed by atoms with E-state index in [0.717, 1.165) is 20.7 Å². The van der Waals surface area contributed by atoms with Crippen LogP contribution in [0, 0.1) is 0 Å². The van der Waals surface area contributed by atoms with Crippen LogP contribution in [0.5, 0.6) is 0 Å². The lowest BCUT2D eigenvalue weighted by atomic mass is 10.6. The van der Waals surface area contributed by atoms with Gasteiger partial charge in [-0.1, -0.05) is 7.55 Å². The van der Waals surface area contributed by atoms with Gasteiger partial charge in [0.25, 0.3) is 5.91 Å². The summed E-state index contributed by atoms with van der Waals surface area (Å²) in [5, 5.41) is 0.782. The Morgan fingerprint density at radius 3 is 2.88 bits per heavy atom. The fraction of sp³-hybridized carbons (Fsp3) is 0. The highest BCUT2D eigenvalue weighted by Crippen LogP contribution is 2.35. The molecule has 42 valence electrons. The van der Waals surface area contributed by atoms with Crippen LogP contribution in [0.2, 0.25) is 0 Å². The predicted octanol–water partition coefficient (Wildman–Crippen LogP) is 1.98. The van der Waals surface area contributed by atoms with Crippen LogP contribution in [0.25, 0.3) is 0 Å². The second kappa shape index (κ2) is 2.60. The molecule has 0 aliphatic heterocycles. The standard InChI is InChI=1S/C3H4NOP3/c4-3(5)2-1-6-8-7-2/h1,8H,(H2,4,5). The molecule has 1 heterocycles. The number of hydrogen-bond acceptors (Lipinski definition) is 1. The highest BCUT2D eigenvalue weighted by atomic mass is 32.1. The maximum Gasteiger partial charge on any atom is 0.254 e. The van der Waals surface area contributed by atoms with Gasteiger partial charge in [-0.2, -0.15) is 0 Å². The molecular formula is C3H4NOP3. The number of amides is 1. The van der Waals surface area contributed by atoms with Crippen molar-refractivity contribution in [3.63, 3.8) is 0 Å². The minimum absolute atomic E-state index is 0.260. The van der Waals surface area contributed by atoms with Gasteiger partial charge in [-0.05, 0) is 21.5 Å². The fourth-order valence-electron chi connectivity index (χ4n) is 0.320. The van der Waals surface area contributed by atoms with Gasteiger partial charge in [0.05, 0.1) is 5.30 Å². The SMILES string of the molecule is NC(=O)c1cp[pH]p1. The van der Waals surface area contributed by atoms with E-state index in [0.29, 0.717) is 0 Å². The number of rotatable bonds is 1. The highest BCUT2D eigenvalue weighted by molar-refractivity contribution is 8.17. The molecular weight excluding hydrogens is 159 g/mol. The lowest BCUT2D eigenvalue weighted by Crippen LogP contribution is -2.07. The Bertz CT molecular complexity index is 182. The highest BCUT2D eigenvalue weighted by Gasteiger charge is 1.96. The van der Waals surface area contributed by atoms with E-state index in [4.69, 9.17) is 5.73 Å². The van der Waals surface area contributed by atoms with Gasteiger partial charge in [-0.25, -0.2) is 0 Å². The lowest BCUT2D eigenvalue weighted by molar-refractivity contribution is 0.100. The zero-order valence-corrected chi connectivity index (χ0v) is 6.75. The molecule has 1 atom stereocenters. The van der Waals surface area contributed by atoms with Gasteiger partial charge >= 0.3 is 0 Å². The quantitative estimate of drug-likeness (QED) is 0.675. The van der Waals surface area contributed by atoms with Crippen molar-refractivity contribution in [3.05, 3.63) is 11.1 Å². The summed E-state index contributed by atoms with van der Waals surface area (Å²) in [5.41, 5.74) is 4.98. The Labute approximate surface area is 51.6 Å². The number of hydrogen-bond donors (Lipinski definition) is 1. The van der Waals surface area contributed by atoms with Crippen LogP contribution in [-0.4, -0.2) is 5.91 Å². The molecule has 0 spiro atoms. The van der Waals surface area contributed by atoms with E-state index >= 15 is 0 Å². The molecule has 2 N–H and O–H groups in total. The zero-order chi connectivity index (χ0) is 5.98. The van der Waals surface area contributed by atoms with E-state index in [1.54, 1.807) is 0 Å². The molecule has 0 radical (unpaired) electrons. The lowest BCUT2D eigenvalue weighted by Gasteiger charge is -1.79. The maximum atomic E-state index is 10.3. The average molecular weight is 163 g/mol. The molecule has 1 unspecified atom stereocenters. The summed E-state index contributed by atoms with van der Waals surface area (Å²) in [6.45, 7) is 0. The van der Waals surface area contributed by atoms with Crippen molar-refractivity contribution in [2.24, 2.45) is 5.73 Å². The van der Waals surface area contributed by atoms with Gasteiger partial charge in [-0.15, -0.1) is 0 Å². The van der Waals surface area contributed by atoms with Gasteiger partial charge in [-0.3, -0.25) is 4.79 Å². The van der Waals surface area contributed by atoms with Crippen molar-refractivity contribution in [2.75, 3.05) is 0 Å². The molecule has 0 saturated carbocycles. The molecule has 0 bridgehead atoms. The third-order valence-electron chi connectivity index (χ3n) is 0.667. The Morgan fingerprint density at radius 2 is 2.62 bits per heavy atom. The number of carbonyl (C=O) groups is 1. The van der Waals surface area contributed by atoms with Gasteiger partial charge in [0.15, 0.2) is 0 Å². The summed E-state index contributed by atoms with van der Waals surface area (Å²) in [6, 6.07) is 0. The minimum Gasteiger partial charge on any atom is -0.365 e. The summed E-state index contributed by atoms with van der Waals surface area (Å²) in [7, 11) is 3.20. The number of primary amides is 1. The van der Waals surface area contributed by atoms with Crippen LogP contribution in [0.4, 0.5) is 0 Å². The third-order valence-corrected chi connectivity index (χ3v) is 5.76. The van der Waals surface area contributed by atoms with Crippen molar-refractivity contribution in [1.29, 1.82) is 0 Å². The van der Waals surface area contributed by atoms with Gasteiger partial charge in [0.2, 0.25) is 0 Å². The summed E-state index contributed by atoms with van der Waals surface area (Å²) in [5.74, 6) is 1.63. The predicted molar refractivity (Wildman–Crippen MR) is 39.5 cm³/mol. The van der Waals surface area contributed by atoms with E-state index in [2.05, 4.69) is 0 Å². The van der Waals surface area contributed by atoms with E-state index in [1.165, 1.54) is 7.87 Å². The molecule has 5 heteroatoms. The van der Waals surface area contributed by atoms with Gasteiger partial charge in [0, 0.05) is 0 Å². The van der Waals surface area contributed by atoms with Crippen LogP contribution >= 0.6 is 23.3 Å². The first kappa shape index (κ1) is 6.23. The Balaban J connectivity index is 2.93. The molecule has 0 aliphatic rings. The number of nitrogens with two attached hydrogens (primary N) is 1. The van der Waals surface area contributed by atoms with Crippen molar-refractivity contribution >= 4 is 29.2 Å². The summed E-state index contributed by atoms with van der Waals surface area (Å²) < 4.78 is 0. The van der Waals surface area contributed by atoms with Crippen molar-refractivity contribution in [2.45, 2.75) is 0 Å². The van der Waals surface area contributed by atoms with Gasteiger partial charge in [0.1, 0.15) is 0 Å². The molecule has 8 heavy (non-hydrogen) atoms. The molecule has 1 aromatic heterocycles. The minimum atomic E-state index is -0.260. The fourth-order valence-corrected chi connectivity index (χ4v) is 5.55. The monoisotopic (exact) mass is 163 g/mol. The first-order chi connectivity index (χ1) is 3.80. The van der Waals surface area contributed by atoms with Crippen molar-refractivity contribution in [3.8, 4) is 0 Å². The molecule has 0 aliphatic carbocycles. The van der Waals surface area contributed by atoms with Crippen molar-refractivity contribution < 1.29 is 4.79 Å². The van der Waals surface area contributed by atoms with E-state index in [1.807, 2.05) is 5.80 Å². The third kappa shape index (κ3) is 1.29. The molecule has 0 saturated heterocycles. The summed E-state index contributed by atoms with van der Waals surface area (Å²) in [4.78, 5) is 10.3. The first-order valence-electron chi connectivity index (χ1n) is 1.96. The Morgan fingerprint density at radius 1 is 1.88 bits per heavy atom. The van der Waals surface area contributed by atoms with Crippen LogP contribution in [0.1, 0.15) is 10.1 Å². The molecule has 2 nitrogen and oxygen atoms in total. The second-order valence-corrected chi connectivity index (χ2v) is 6.49. The van der Waals surface area contributed by atoms with Crippen LogP contribution in [0.3, 0.4) is 0 Å². The maximum absolute atomic E-state index is 10.3. The summed E-state index contributed by atoms with van der Waals surface area (Å²) in [6.07, 6.45) is 0. The molecule has 1 amide bonds. The largest absolute Gasteiger partial charge is 0.365 e. The van der Waals surface area contributed by atoms with E-state index in [-0.39, 0.29) is 5.91 Å². The van der Waals surface area contributed by atoms with E-state index in [9.17, 15) is 4.79 Å². The van der Waals surface area contributed by atoms with E-state index < -0.39 is 0 Å². The van der Waals surface area contributed by atoms with Crippen LogP contribution in [-0.2, 0) is 0 Å². The Kier molecular flexibility index (Phi) is 2.02.